The van der Waals surface area contributed by atoms with Crippen LogP contribution in [0.1, 0.15) is 34.7 Å². The van der Waals surface area contributed by atoms with E-state index in [1.54, 1.807) is 28.1 Å². The number of piperidine rings is 1. The molecule has 0 atom stereocenters. The maximum absolute atomic E-state index is 14.0. The van der Waals surface area contributed by atoms with Gasteiger partial charge in [0.1, 0.15) is 0 Å². The van der Waals surface area contributed by atoms with E-state index in [2.05, 4.69) is 15.5 Å². The molecule has 2 aromatic carbocycles. The van der Waals surface area contributed by atoms with Crippen LogP contribution in [-0.4, -0.2) is 53.1 Å². The summed E-state index contributed by atoms with van der Waals surface area (Å²) in [6.45, 7) is 2.20. The first-order chi connectivity index (χ1) is 17.0. The van der Waals surface area contributed by atoms with Crippen molar-refractivity contribution in [3.05, 3.63) is 83.6 Å². The highest BCUT2D eigenvalue weighted by atomic mass is 19.2. The Morgan fingerprint density at radius 3 is 2.34 bits per heavy atom. The van der Waals surface area contributed by atoms with E-state index < -0.39 is 17.5 Å². The maximum atomic E-state index is 14.0. The minimum Gasteiger partial charge on any atom is -0.339 e. The zero-order valence-corrected chi connectivity index (χ0v) is 19.0. The maximum Gasteiger partial charge on any atom is 0.256 e. The van der Waals surface area contributed by atoms with Crippen molar-refractivity contribution < 1.29 is 18.4 Å². The van der Waals surface area contributed by atoms with Crippen molar-refractivity contribution >= 4 is 23.3 Å². The average Bonchev–Trinajstić information content (AvgIpc) is 2.86. The molecule has 0 unspecified atom stereocenters. The van der Waals surface area contributed by atoms with Crippen LogP contribution in [0.4, 0.5) is 20.3 Å². The van der Waals surface area contributed by atoms with E-state index in [9.17, 15) is 18.4 Å². The molecule has 0 radical (unpaired) electrons. The zero-order chi connectivity index (χ0) is 24.4. The third kappa shape index (κ3) is 4.64. The van der Waals surface area contributed by atoms with E-state index in [1.165, 1.54) is 12.1 Å². The molecular weight excluding hydrogens is 452 g/mol. The van der Waals surface area contributed by atoms with Gasteiger partial charge in [0.2, 0.25) is 5.91 Å². The minimum absolute atomic E-state index is 0.0200. The normalized spacial score (nSPS) is 16.6. The van der Waals surface area contributed by atoms with Gasteiger partial charge in [0.25, 0.3) is 5.91 Å². The van der Waals surface area contributed by atoms with Gasteiger partial charge in [-0.25, -0.2) is 8.78 Å². The van der Waals surface area contributed by atoms with Crippen molar-refractivity contribution in [3.63, 3.8) is 0 Å². The second-order valence-corrected chi connectivity index (χ2v) is 8.87. The molecule has 35 heavy (non-hydrogen) atoms. The summed E-state index contributed by atoms with van der Waals surface area (Å²) in [6, 6.07) is 15.0. The molecule has 0 aliphatic carbocycles. The molecule has 180 valence electrons. The van der Waals surface area contributed by atoms with Crippen molar-refractivity contribution in [2.75, 3.05) is 31.1 Å². The molecule has 3 aromatic rings. The molecule has 3 heterocycles. The highest BCUT2D eigenvalue weighted by Crippen LogP contribution is 2.32. The van der Waals surface area contributed by atoms with E-state index in [1.807, 2.05) is 24.3 Å². The van der Waals surface area contributed by atoms with E-state index in [4.69, 9.17) is 0 Å². The fourth-order valence-corrected chi connectivity index (χ4v) is 4.58. The Labute approximate surface area is 201 Å². The average molecular weight is 478 g/mol. The summed E-state index contributed by atoms with van der Waals surface area (Å²) in [5.41, 5.74) is 1.60. The van der Waals surface area contributed by atoms with Gasteiger partial charge in [0.05, 0.1) is 17.2 Å². The van der Waals surface area contributed by atoms with Crippen LogP contribution < -0.4 is 10.2 Å². The SMILES string of the molecule is O=C(c1cccc(F)c1F)N1CCC(c2ccc(N(C(=O)C3CNC3)c3cccnn3)cc2)CC1. The lowest BCUT2D eigenvalue weighted by Crippen LogP contribution is -2.51. The third-order valence-corrected chi connectivity index (χ3v) is 6.73. The molecule has 5 rings (SSSR count). The van der Waals surface area contributed by atoms with Crippen LogP contribution in [0.15, 0.2) is 60.8 Å². The molecule has 2 aliphatic rings. The van der Waals surface area contributed by atoms with E-state index in [0.29, 0.717) is 44.8 Å². The number of nitrogens with one attached hydrogen (secondary N) is 1. The third-order valence-electron chi connectivity index (χ3n) is 6.73. The first-order valence-corrected chi connectivity index (χ1v) is 11.7. The summed E-state index contributed by atoms with van der Waals surface area (Å²) in [6.07, 6.45) is 2.99. The van der Waals surface area contributed by atoms with Crippen molar-refractivity contribution in [2.45, 2.75) is 18.8 Å². The topological polar surface area (TPSA) is 78.4 Å². The predicted octanol–water partition coefficient (Wildman–Crippen LogP) is 3.66. The molecule has 2 saturated heterocycles. The lowest BCUT2D eigenvalue weighted by Gasteiger charge is -2.33. The number of amides is 2. The number of anilines is 2. The standard InChI is InChI=1S/C26H25F2N5O2/c27-22-4-1-3-21(24(22)28)26(35)32-13-10-18(11-14-32)17-6-8-20(9-7-17)33(23-5-2-12-30-31-23)25(34)19-15-29-16-19/h1-9,12,18-19,29H,10-11,13-16H2. The number of rotatable bonds is 5. The fraction of sp³-hybridized carbons (Fsp3) is 0.308. The molecule has 1 N–H and O–H groups in total. The van der Waals surface area contributed by atoms with Gasteiger partial charge in [-0.1, -0.05) is 18.2 Å². The van der Waals surface area contributed by atoms with Crippen molar-refractivity contribution in [1.29, 1.82) is 0 Å². The molecular formula is C26H25F2N5O2. The number of nitrogens with zero attached hydrogens (tertiary/aromatic N) is 4. The number of carbonyl (C=O) groups is 2. The molecule has 2 aliphatic heterocycles. The molecule has 0 spiro atoms. The first kappa shape index (κ1) is 23.0. The Balaban J connectivity index is 1.28. The number of aromatic nitrogens is 2. The second-order valence-electron chi connectivity index (χ2n) is 8.87. The fourth-order valence-electron chi connectivity index (χ4n) is 4.58. The Bertz CT molecular complexity index is 1210. The number of hydrogen-bond acceptors (Lipinski definition) is 5. The van der Waals surface area contributed by atoms with Crippen molar-refractivity contribution in [2.24, 2.45) is 5.92 Å². The molecule has 0 saturated carbocycles. The minimum atomic E-state index is -1.10. The number of benzene rings is 2. The highest BCUT2D eigenvalue weighted by Gasteiger charge is 2.32. The Hall–Kier alpha value is -3.72. The van der Waals surface area contributed by atoms with Crippen LogP contribution in [-0.2, 0) is 4.79 Å². The first-order valence-electron chi connectivity index (χ1n) is 11.7. The van der Waals surface area contributed by atoms with Gasteiger partial charge in [0, 0.05) is 32.4 Å². The molecule has 7 nitrogen and oxygen atoms in total. The summed E-state index contributed by atoms with van der Waals surface area (Å²) < 4.78 is 27.6. The molecule has 0 bridgehead atoms. The van der Waals surface area contributed by atoms with Crippen molar-refractivity contribution in [3.8, 4) is 0 Å². The van der Waals surface area contributed by atoms with Gasteiger partial charge < -0.3 is 10.2 Å². The molecule has 2 amide bonds. The number of likely N-dealkylation sites (tertiary alicyclic amines) is 1. The molecule has 9 heteroatoms. The quantitative estimate of drug-likeness (QED) is 0.607. The van der Waals surface area contributed by atoms with Crippen LogP contribution in [0.3, 0.4) is 0 Å². The summed E-state index contributed by atoms with van der Waals surface area (Å²) in [5, 5.41) is 11.2. The molecule has 2 fully saturated rings. The van der Waals surface area contributed by atoms with Crippen LogP contribution >= 0.6 is 0 Å². The second kappa shape index (κ2) is 9.87. The predicted molar refractivity (Wildman–Crippen MR) is 126 cm³/mol. The Kier molecular flexibility index (Phi) is 6.50. The number of halogens is 2. The summed E-state index contributed by atoms with van der Waals surface area (Å²) in [7, 11) is 0. The van der Waals surface area contributed by atoms with Crippen LogP contribution in [0.25, 0.3) is 0 Å². The lowest BCUT2D eigenvalue weighted by atomic mass is 9.89. The van der Waals surface area contributed by atoms with Gasteiger partial charge in [-0.15, -0.1) is 5.10 Å². The van der Waals surface area contributed by atoms with Crippen molar-refractivity contribution in [1.82, 2.24) is 20.4 Å². The van der Waals surface area contributed by atoms with Gasteiger partial charge >= 0.3 is 0 Å². The lowest BCUT2D eigenvalue weighted by molar-refractivity contribution is -0.123. The van der Waals surface area contributed by atoms with Gasteiger partial charge in [-0.3, -0.25) is 14.5 Å². The number of carbonyl (C=O) groups excluding carboxylic acids is 2. The van der Waals surface area contributed by atoms with Gasteiger partial charge in [-0.05, 0) is 60.7 Å². The van der Waals surface area contributed by atoms with Crippen LogP contribution in [0, 0.1) is 17.6 Å². The van der Waals surface area contributed by atoms with Crippen LogP contribution in [0.2, 0.25) is 0 Å². The molecule has 1 aromatic heterocycles. The largest absolute Gasteiger partial charge is 0.339 e. The van der Waals surface area contributed by atoms with E-state index >= 15 is 0 Å². The van der Waals surface area contributed by atoms with Gasteiger partial charge in [0.15, 0.2) is 17.5 Å². The summed E-state index contributed by atoms with van der Waals surface area (Å²) in [5.74, 6) is -2.02. The smallest absolute Gasteiger partial charge is 0.256 e. The van der Waals surface area contributed by atoms with E-state index in [0.717, 1.165) is 17.3 Å². The highest BCUT2D eigenvalue weighted by molar-refractivity contribution is 6.01. The number of hydrogen-bond donors (Lipinski definition) is 1. The van der Waals surface area contributed by atoms with E-state index in [-0.39, 0.29) is 23.3 Å². The monoisotopic (exact) mass is 477 g/mol. The summed E-state index contributed by atoms with van der Waals surface area (Å²) >= 11 is 0. The zero-order valence-electron chi connectivity index (χ0n) is 19.0. The van der Waals surface area contributed by atoms with Crippen LogP contribution in [0.5, 0.6) is 0 Å². The van der Waals surface area contributed by atoms with Gasteiger partial charge in [-0.2, -0.15) is 5.10 Å². The Morgan fingerprint density at radius 1 is 0.971 bits per heavy atom. The Morgan fingerprint density at radius 2 is 1.71 bits per heavy atom. The summed E-state index contributed by atoms with van der Waals surface area (Å²) in [4.78, 5) is 29.0.